The van der Waals surface area contributed by atoms with Crippen LogP contribution in [0.5, 0.6) is 11.5 Å². The molecule has 8 nitrogen and oxygen atoms in total. The molecule has 0 aliphatic carbocycles. The molecule has 2 aliphatic heterocycles. The summed E-state index contributed by atoms with van der Waals surface area (Å²) in [6.45, 7) is 4.24. The van der Waals surface area contributed by atoms with Crippen molar-refractivity contribution in [3.05, 3.63) is 96.1 Å². The fraction of sp³-hybridized carbons (Fsp3) is 0.194. The topological polar surface area (TPSA) is 94.5 Å². The number of amides is 1. The first-order valence-corrected chi connectivity index (χ1v) is 12.7. The number of methoxy groups -OCH3 is 1. The lowest BCUT2D eigenvalue weighted by molar-refractivity contribution is -0.115. The molecule has 0 radical (unpaired) electrons. The Morgan fingerprint density at radius 1 is 1.03 bits per heavy atom. The molecule has 39 heavy (non-hydrogen) atoms. The first kappa shape index (κ1) is 24.8. The minimum atomic E-state index is -1.09. The predicted octanol–water partition coefficient (Wildman–Crippen LogP) is 5.97. The third-order valence-electron chi connectivity index (χ3n) is 7.77. The summed E-state index contributed by atoms with van der Waals surface area (Å²) in [6.07, 6.45) is 3.83. The van der Waals surface area contributed by atoms with E-state index in [1.54, 1.807) is 6.07 Å². The molecule has 1 atom stereocenters. The van der Waals surface area contributed by atoms with Gasteiger partial charge in [0.1, 0.15) is 6.54 Å². The lowest BCUT2D eigenvalue weighted by atomic mass is 9.76. The SMILES string of the molecule is COc1cc(N(O)O)cc2c1OC1(C=C2)N(CC(=O)Nc2ccccc2)c2c(ccc3ccccc23)C1(C)C. The van der Waals surface area contributed by atoms with Crippen LogP contribution in [0, 0.1) is 0 Å². The van der Waals surface area contributed by atoms with Crippen molar-refractivity contribution >= 4 is 39.8 Å². The van der Waals surface area contributed by atoms with E-state index in [9.17, 15) is 15.2 Å². The van der Waals surface area contributed by atoms with Gasteiger partial charge >= 0.3 is 0 Å². The highest BCUT2D eigenvalue weighted by Crippen LogP contribution is 2.58. The average Bonchev–Trinajstić information content (AvgIpc) is 3.11. The van der Waals surface area contributed by atoms with Gasteiger partial charge in [0.05, 0.1) is 23.9 Å². The summed E-state index contributed by atoms with van der Waals surface area (Å²) >= 11 is 0. The van der Waals surface area contributed by atoms with Gasteiger partial charge in [0.25, 0.3) is 0 Å². The van der Waals surface area contributed by atoms with E-state index in [2.05, 4.69) is 43.4 Å². The number of ether oxygens (including phenoxy) is 2. The van der Waals surface area contributed by atoms with Crippen LogP contribution in [0.1, 0.15) is 25.0 Å². The van der Waals surface area contributed by atoms with Crippen molar-refractivity contribution in [1.82, 2.24) is 0 Å². The minimum Gasteiger partial charge on any atom is -0.493 e. The van der Waals surface area contributed by atoms with Gasteiger partial charge in [-0.15, -0.1) is 5.23 Å². The lowest BCUT2D eigenvalue weighted by Crippen LogP contribution is -2.61. The Hall–Kier alpha value is -4.53. The van der Waals surface area contributed by atoms with E-state index in [0.29, 0.717) is 22.7 Å². The predicted molar refractivity (Wildman–Crippen MR) is 151 cm³/mol. The molecular formula is C31H29N3O5. The number of nitrogens with zero attached hydrogens (tertiary/aromatic N) is 2. The van der Waals surface area contributed by atoms with Crippen molar-refractivity contribution in [3.63, 3.8) is 0 Å². The van der Waals surface area contributed by atoms with Crippen LogP contribution in [0.15, 0.2) is 84.9 Å². The Balaban J connectivity index is 1.52. The largest absolute Gasteiger partial charge is 0.493 e. The Kier molecular flexibility index (Phi) is 5.75. The van der Waals surface area contributed by atoms with E-state index in [1.165, 1.54) is 13.2 Å². The Morgan fingerprint density at radius 3 is 2.51 bits per heavy atom. The number of nitrogens with one attached hydrogen (secondary N) is 1. The van der Waals surface area contributed by atoms with E-state index in [4.69, 9.17) is 9.47 Å². The average molecular weight is 524 g/mol. The van der Waals surface area contributed by atoms with Crippen LogP contribution < -0.4 is 24.9 Å². The zero-order chi connectivity index (χ0) is 27.4. The normalized spacial score (nSPS) is 18.4. The highest BCUT2D eigenvalue weighted by molar-refractivity contribution is 6.02. The standard InChI is InChI=1S/C31H29N3O5/c1-30(2)25-14-13-20-9-7-8-12-24(20)28(25)33(19-27(35)32-22-10-5-4-6-11-22)31(30)16-15-21-17-23(34(36)37)18-26(38-3)29(21)39-31/h4-18,36-37H,19H2,1-3H3,(H,32,35). The van der Waals surface area contributed by atoms with Crippen LogP contribution in [0.25, 0.3) is 16.8 Å². The van der Waals surface area contributed by atoms with E-state index in [-0.39, 0.29) is 23.4 Å². The summed E-state index contributed by atoms with van der Waals surface area (Å²) < 4.78 is 12.5. The third-order valence-corrected chi connectivity index (χ3v) is 7.77. The molecule has 6 rings (SSSR count). The van der Waals surface area contributed by atoms with Gasteiger partial charge in [-0.2, -0.15) is 0 Å². The molecule has 4 aromatic rings. The zero-order valence-corrected chi connectivity index (χ0v) is 21.9. The Bertz CT molecular complexity index is 1620. The molecule has 1 amide bonds. The van der Waals surface area contributed by atoms with Gasteiger partial charge in [0.2, 0.25) is 11.6 Å². The summed E-state index contributed by atoms with van der Waals surface area (Å²) in [5, 5.41) is 24.4. The smallest absolute Gasteiger partial charge is 0.244 e. The Morgan fingerprint density at radius 2 is 1.77 bits per heavy atom. The highest BCUT2D eigenvalue weighted by atomic mass is 16.8. The van der Waals surface area contributed by atoms with Crippen molar-refractivity contribution in [3.8, 4) is 11.5 Å². The van der Waals surface area contributed by atoms with Crippen LogP contribution in [0.3, 0.4) is 0 Å². The van der Waals surface area contributed by atoms with Crippen molar-refractivity contribution < 1.29 is 24.7 Å². The van der Waals surface area contributed by atoms with Crippen molar-refractivity contribution in [1.29, 1.82) is 0 Å². The number of hydrogen-bond acceptors (Lipinski definition) is 7. The maximum absolute atomic E-state index is 13.5. The van der Waals surface area contributed by atoms with Gasteiger partial charge in [-0.25, -0.2) is 0 Å². The van der Waals surface area contributed by atoms with E-state index in [1.807, 2.05) is 59.5 Å². The van der Waals surface area contributed by atoms with Crippen LogP contribution in [0.2, 0.25) is 0 Å². The van der Waals surface area contributed by atoms with Crippen LogP contribution in [-0.4, -0.2) is 35.7 Å². The van der Waals surface area contributed by atoms with E-state index in [0.717, 1.165) is 22.0 Å². The molecule has 4 aromatic carbocycles. The molecule has 0 bridgehead atoms. The van der Waals surface area contributed by atoms with Gasteiger partial charge in [0, 0.05) is 22.7 Å². The highest BCUT2D eigenvalue weighted by Gasteiger charge is 2.60. The molecule has 3 N–H and O–H groups in total. The fourth-order valence-corrected chi connectivity index (χ4v) is 5.79. The first-order valence-electron chi connectivity index (χ1n) is 12.7. The fourth-order valence-electron chi connectivity index (χ4n) is 5.79. The number of fused-ring (bicyclic) bond motifs is 4. The van der Waals surface area contributed by atoms with Crippen LogP contribution >= 0.6 is 0 Å². The van der Waals surface area contributed by atoms with Gasteiger partial charge in [0.15, 0.2) is 11.5 Å². The number of hydrogen-bond donors (Lipinski definition) is 3. The number of anilines is 3. The van der Waals surface area contributed by atoms with Crippen LogP contribution in [-0.2, 0) is 10.2 Å². The van der Waals surface area contributed by atoms with Gasteiger partial charge in [-0.1, -0.05) is 54.6 Å². The molecule has 1 unspecified atom stereocenters. The van der Waals surface area contributed by atoms with Crippen LogP contribution in [0.4, 0.5) is 17.1 Å². The van der Waals surface area contributed by atoms with Gasteiger partial charge in [-0.05, 0) is 55.1 Å². The van der Waals surface area contributed by atoms with Crippen molar-refractivity contribution in [2.45, 2.75) is 25.0 Å². The molecule has 2 heterocycles. The molecule has 198 valence electrons. The van der Waals surface area contributed by atoms with Gasteiger partial charge < -0.3 is 19.7 Å². The first-order chi connectivity index (χ1) is 18.7. The summed E-state index contributed by atoms with van der Waals surface area (Å²) in [5.74, 6) is 0.604. The second-order valence-electron chi connectivity index (χ2n) is 10.3. The summed E-state index contributed by atoms with van der Waals surface area (Å²) in [7, 11) is 1.50. The summed E-state index contributed by atoms with van der Waals surface area (Å²) in [6, 6.07) is 24.8. The molecule has 1 spiro atoms. The second-order valence-corrected chi connectivity index (χ2v) is 10.3. The lowest BCUT2D eigenvalue weighted by Gasteiger charge is -2.47. The number of rotatable bonds is 5. The minimum absolute atomic E-state index is 0.0282. The number of para-hydroxylation sites is 1. The monoisotopic (exact) mass is 523 g/mol. The van der Waals surface area contributed by atoms with Gasteiger partial charge in [-0.3, -0.25) is 15.2 Å². The van der Waals surface area contributed by atoms with E-state index < -0.39 is 11.1 Å². The maximum Gasteiger partial charge on any atom is 0.244 e. The molecule has 2 aliphatic rings. The molecule has 0 aromatic heterocycles. The molecular weight excluding hydrogens is 494 g/mol. The van der Waals surface area contributed by atoms with E-state index >= 15 is 0 Å². The van der Waals surface area contributed by atoms with Crippen molar-refractivity contribution in [2.75, 3.05) is 29.1 Å². The zero-order valence-electron chi connectivity index (χ0n) is 21.9. The second kappa shape index (κ2) is 9.04. The quantitative estimate of drug-likeness (QED) is 0.277. The number of benzene rings is 4. The van der Waals surface area contributed by atoms with Crippen molar-refractivity contribution in [2.24, 2.45) is 0 Å². The molecule has 0 saturated heterocycles. The number of carbonyl (C=O) groups excluding carboxylic acids is 1. The maximum atomic E-state index is 13.5. The molecule has 0 saturated carbocycles. The molecule has 8 heteroatoms. The summed E-state index contributed by atoms with van der Waals surface area (Å²) in [4.78, 5) is 15.5. The number of carbonyl (C=O) groups is 1. The Labute approximate surface area is 226 Å². The third kappa shape index (κ3) is 3.79. The molecule has 0 fully saturated rings. The summed E-state index contributed by atoms with van der Waals surface area (Å²) in [5.41, 5.74) is 1.76.